The van der Waals surface area contributed by atoms with Gasteiger partial charge in [-0.3, -0.25) is 9.20 Å². The first-order valence-corrected chi connectivity index (χ1v) is 9.34. The zero-order chi connectivity index (χ0) is 17.2. The average Bonchev–Trinajstić information content (AvgIpc) is 3.24. The second-order valence-electron chi connectivity index (χ2n) is 5.86. The van der Waals surface area contributed by atoms with Crippen LogP contribution in [-0.2, 0) is 4.79 Å². The van der Waals surface area contributed by atoms with E-state index < -0.39 is 0 Å². The van der Waals surface area contributed by atoms with Crippen LogP contribution in [0.25, 0.3) is 11.0 Å². The quantitative estimate of drug-likeness (QED) is 0.661. The van der Waals surface area contributed by atoms with E-state index in [-0.39, 0.29) is 5.91 Å². The fraction of sp³-hybridized carbons (Fsp3) is 0.222. The molecular formula is C18H17ClN4OS. The molecule has 0 aliphatic carbocycles. The lowest BCUT2D eigenvalue weighted by molar-refractivity contribution is -0.126. The molecule has 1 fully saturated rings. The highest BCUT2D eigenvalue weighted by molar-refractivity contribution is 7.15. The molecular weight excluding hydrogens is 356 g/mol. The number of hydrogen-bond donors (Lipinski definition) is 0. The Morgan fingerprint density at radius 2 is 2.08 bits per heavy atom. The zero-order valence-corrected chi connectivity index (χ0v) is 15.1. The molecule has 3 aromatic rings. The van der Waals surface area contributed by atoms with Crippen molar-refractivity contribution in [3.63, 3.8) is 0 Å². The second-order valence-corrected chi connectivity index (χ2v) is 7.17. The third-order valence-electron chi connectivity index (χ3n) is 4.34. The molecule has 1 saturated heterocycles. The SMILES string of the molecule is O=C(/C=C/c1cnc2sccn12)N1CCN(c2cccc(Cl)c2)CC1. The highest BCUT2D eigenvalue weighted by Crippen LogP contribution is 2.21. The van der Waals surface area contributed by atoms with Gasteiger partial charge in [-0.05, 0) is 24.3 Å². The third kappa shape index (κ3) is 3.41. The fourth-order valence-electron chi connectivity index (χ4n) is 2.99. The monoisotopic (exact) mass is 372 g/mol. The van der Waals surface area contributed by atoms with Crippen LogP contribution >= 0.6 is 22.9 Å². The number of amides is 1. The number of imidazole rings is 1. The van der Waals surface area contributed by atoms with Crippen LogP contribution in [-0.4, -0.2) is 46.4 Å². The van der Waals surface area contributed by atoms with Gasteiger partial charge in [-0.15, -0.1) is 11.3 Å². The van der Waals surface area contributed by atoms with Crippen LogP contribution in [0, 0.1) is 0 Å². The predicted octanol–water partition coefficient (Wildman–Crippen LogP) is 3.41. The van der Waals surface area contributed by atoms with Gasteiger partial charge in [0.15, 0.2) is 4.96 Å². The number of anilines is 1. The number of benzene rings is 1. The van der Waals surface area contributed by atoms with Gasteiger partial charge in [0.25, 0.3) is 0 Å². The highest BCUT2D eigenvalue weighted by atomic mass is 35.5. The first kappa shape index (κ1) is 16.2. The van der Waals surface area contributed by atoms with E-state index in [1.54, 1.807) is 23.6 Å². The molecule has 3 heterocycles. The zero-order valence-electron chi connectivity index (χ0n) is 13.5. The minimum Gasteiger partial charge on any atom is -0.368 e. The van der Waals surface area contributed by atoms with Gasteiger partial charge in [0, 0.05) is 54.5 Å². The largest absolute Gasteiger partial charge is 0.368 e. The number of halogens is 1. The van der Waals surface area contributed by atoms with Gasteiger partial charge >= 0.3 is 0 Å². The van der Waals surface area contributed by atoms with E-state index in [1.807, 2.05) is 45.2 Å². The summed E-state index contributed by atoms with van der Waals surface area (Å²) in [5.41, 5.74) is 2.02. The van der Waals surface area contributed by atoms with E-state index in [0.29, 0.717) is 13.1 Å². The van der Waals surface area contributed by atoms with Crippen molar-refractivity contribution in [2.75, 3.05) is 31.1 Å². The van der Waals surface area contributed by atoms with Crippen LogP contribution in [0.15, 0.2) is 48.1 Å². The standard InChI is InChI=1S/C18H17ClN4OS/c19-14-2-1-3-15(12-14)21-6-8-22(9-7-21)17(24)5-4-16-13-20-18-23(16)10-11-25-18/h1-5,10-13H,6-9H2/b5-4+. The van der Waals surface area contributed by atoms with Crippen molar-refractivity contribution in [2.24, 2.45) is 0 Å². The van der Waals surface area contributed by atoms with Crippen molar-refractivity contribution in [3.05, 3.63) is 58.8 Å². The summed E-state index contributed by atoms with van der Waals surface area (Å²) in [5.74, 6) is 0.0379. The van der Waals surface area contributed by atoms with Gasteiger partial charge in [-0.2, -0.15) is 0 Å². The molecule has 1 amide bonds. The molecule has 0 bridgehead atoms. The van der Waals surface area contributed by atoms with Gasteiger partial charge in [-0.25, -0.2) is 4.98 Å². The number of hydrogen-bond acceptors (Lipinski definition) is 4. The molecule has 128 valence electrons. The molecule has 0 saturated carbocycles. The Bertz CT molecular complexity index is 924. The second kappa shape index (κ2) is 6.90. The van der Waals surface area contributed by atoms with Gasteiger partial charge in [-0.1, -0.05) is 17.7 Å². The average molecular weight is 373 g/mol. The topological polar surface area (TPSA) is 40.9 Å². The number of carbonyl (C=O) groups excluding carboxylic acids is 1. The molecule has 0 unspecified atom stereocenters. The summed E-state index contributed by atoms with van der Waals surface area (Å²) in [5, 5.41) is 2.72. The van der Waals surface area contributed by atoms with Crippen LogP contribution in [0.1, 0.15) is 5.69 Å². The Balaban J connectivity index is 1.38. The minimum atomic E-state index is 0.0379. The van der Waals surface area contributed by atoms with Crippen molar-refractivity contribution in [1.29, 1.82) is 0 Å². The van der Waals surface area contributed by atoms with Crippen LogP contribution in [0.3, 0.4) is 0 Å². The Labute approximate surface area is 154 Å². The van der Waals surface area contributed by atoms with Crippen LogP contribution < -0.4 is 4.90 Å². The lowest BCUT2D eigenvalue weighted by atomic mass is 10.2. The maximum atomic E-state index is 12.4. The third-order valence-corrected chi connectivity index (χ3v) is 5.34. The van der Waals surface area contributed by atoms with Crippen molar-refractivity contribution in [1.82, 2.24) is 14.3 Å². The predicted molar refractivity (Wildman–Crippen MR) is 102 cm³/mol. The number of nitrogens with zero attached hydrogens (tertiary/aromatic N) is 4. The van der Waals surface area contributed by atoms with Crippen molar-refractivity contribution in [2.45, 2.75) is 0 Å². The minimum absolute atomic E-state index is 0.0379. The number of carbonyl (C=O) groups is 1. The number of aromatic nitrogens is 2. The molecule has 0 atom stereocenters. The van der Waals surface area contributed by atoms with Gasteiger partial charge in [0.1, 0.15) is 0 Å². The van der Waals surface area contributed by atoms with E-state index in [4.69, 9.17) is 11.6 Å². The number of thiazole rings is 1. The fourth-order valence-corrected chi connectivity index (χ4v) is 3.87. The Morgan fingerprint density at radius 1 is 1.24 bits per heavy atom. The summed E-state index contributed by atoms with van der Waals surface area (Å²) in [6, 6.07) is 7.84. The summed E-state index contributed by atoms with van der Waals surface area (Å²) in [6.07, 6.45) is 7.21. The molecule has 2 aromatic heterocycles. The van der Waals surface area contributed by atoms with Crippen LogP contribution in [0.4, 0.5) is 5.69 Å². The summed E-state index contributed by atoms with van der Waals surface area (Å²) in [4.78, 5) is 21.8. The molecule has 25 heavy (non-hydrogen) atoms. The smallest absolute Gasteiger partial charge is 0.246 e. The molecule has 7 heteroatoms. The lowest BCUT2D eigenvalue weighted by Gasteiger charge is -2.35. The van der Waals surface area contributed by atoms with Gasteiger partial charge in [0.05, 0.1) is 11.9 Å². The molecule has 0 N–H and O–H groups in total. The summed E-state index contributed by atoms with van der Waals surface area (Å²) in [7, 11) is 0. The first-order chi connectivity index (χ1) is 12.2. The van der Waals surface area contributed by atoms with E-state index in [2.05, 4.69) is 16.0 Å². The Hall–Kier alpha value is -2.31. The van der Waals surface area contributed by atoms with E-state index in [9.17, 15) is 4.79 Å². The molecule has 0 radical (unpaired) electrons. The van der Waals surface area contributed by atoms with E-state index in [1.165, 1.54) is 0 Å². The summed E-state index contributed by atoms with van der Waals surface area (Å²) in [6.45, 7) is 3.02. The normalized spacial score (nSPS) is 15.4. The Morgan fingerprint density at radius 3 is 2.88 bits per heavy atom. The molecule has 1 aromatic carbocycles. The van der Waals surface area contributed by atoms with Crippen molar-refractivity contribution < 1.29 is 4.79 Å². The molecule has 4 rings (SSSR count). The first-order valence-electron chi connectivity index (χ1n) is 8.09. The molecule has 0 spiro atoms. The maximum Gasteiger partial charge on any atom is 0.246 e. The maximum absolute atomic E-state index is 12.4. The van der Waals surface area contributed by atoms with E-state index >= 15 is 0 Å². The summed E-state index contributed by atoms with van der Waals surface area (Å²) < 4.78 is 1.98. The van der Waals surface area contributed by atoms with Crippen molar-refractivity contribution >= 4 is 45.6 Å². The summed E-state index contributed by atoms with van der Waals surface area (Å²) >= 11 is 7.64. The Kier molecular flexibility index (Phi) is 4.46. The molecule has 1 aliphatic rings. The van der Waals surface area contributed by atoms with Crippen LogP contribution in [0.5, 0.6) is 0 Å². The lowest BCUT2D eigenvalue weighted by Crippen LogP contribution is -2.48. The highest BCUT2D eigenvalue weighted by Gasteiger charge is 2.20. The van der Waals surface area contributed by atoms with Crippen LogP contribution in [0.2, 0.25) is 5.02 Å². The number of fused-ring (bicyclic) bond motifs is 1. The van der Waals surface area contributed by atoms with Gasteiger partial charge < -0.3 is 9.80 Å². The van der Waals surface area contributed by atoms with Gasteiger partial charge in [0.2, 0.25) is 5.91 Å². The van der Waals surface area contributed by atoms with E-state index in [0.717, 1.165) is 34.5 Å². The number of rotatable bonds is 3. The molecule has 1 aliphatic heterocycles. The van der Waals surface area contributed by atoms with Crippen molar-refractivity contribution in [3.8, 4) is 0 Å². The number of piperazine rings is 1. The molecule has 5 nitrogen and oxygen atoms in total.